The number of aromatic hydroxyl groups is 1. The van der Waals surface area contributed by atoms with Gasteiger partial charge in [0.25, 0.3) is 5.22 Å². The fraction of sp³-hybridized carbons (Fsp3) is 0.105. The van der Waals surface area contributed by atoms with Gasteiger partial charge in [-0.1, -0.05) is 15.9 Å². The number of hydrogen-bond donors (Lipinski definition) is 2. The number of hydrogen-bond acceptors (Lipinski definition) is 8. The smallest absolute Gasteiger partial charge is 0.342 e. The number of carboxylic acids is 1. The molecule has 1 aromatic heterocycles. The Bertz CT molecular complexity index is 1110. The SMILES string of the molecule is COc1cc(OC)cc(-c2nnc(S/C(=C\c3cc(Br)cc(Br)c3O)C(=O)O)o2)c1. The van der Waals surface area contributed by atoms with Gasteiger partial charge < -0.3 is 24.1 Å². The van der Waals surface area contributed by atoms with Crippen LogP contribution in [0.25, 0.3) is 17.5 Å². The zero-order chi connectivity index (χ0) is 21.8. The first-order valence-corrected chi connectivity index (χ1v) is 10.6. The number of aromatic nitrogens is 2. The largest absolute Gasteiger partial charge is 0.506 e. The lowest BCUT2D eigenvalue weighted by Gasteiger charge is -2.06. The molecule has 0 saturated carbocycles. The second kappa shape index (κ2) is 9.54. The monoisotopic (exact) mass is 556 g/mol. The van der Waals surface area contributed by atoms with Crippen LogP contribution in [0, 0.1) is 0 Å². The first kappa shape index (κ1) is 22.2. The maximum atomic E-state index is 11.7. The Morgan fingerprint density at radius 1 is 1.10 bits per heavy atom. The molecule has 156 valence electrons. The molecule has 2 N–H and O–H groups in total. The summed E-state index contributed by atoms with van der Waals surface area (Å²) in [4.78, 5) is 11.6. The van der Waals surface area contributed by atoms with Gasteiger partial charge in [0.2, 0.25) is 5.89 Å². The van der Waals surface area contributed by atoms with E-state index < -0.39 is 5.97 Å². The van der Waals surface area contributed by atoms with Gasteiger partial charge in [-0.15, -0.1) is 10.2 Å². The molecular formula is C19H14Br2N2O6S. The summed E-state index contributed by atoms with van der Waals surface area (Å²) < 4.78 is 17.1. The van der Waals surface area contributed by atoms with Crippen LogP contribution < -0.4 is 9.47 Å². The van der Waals surface area contributed by atoms with Crippen LogP contribution >= 0.6 is 43.6 Å². The van der Waals surface area contributed by atoms with Gasteiger partial charge in [-0.2, -0.15) is 0 Å². The van der Waals surface area contributed by atoms with E-state index in [-0.39, 0.29) is 21.8 Å². The predicted molar refractivity (Wildman–Crippen MR) is 118 cm³/mol. The van der Waals surface area contributed by atoms with Crippen LogP contribution in [-0.2, 0) is 4.79 Å². The normalized spacial score (nSPS) is 11.4. The standard InChI is InChI=1S/C19H14Br2N2O6S/c1-27-12-4-10(5-13(8-12)28-2)17-22-23-19(29-17)30-15(18(25)26)6-9-3-11(20)7-14(21)16(9)24/h3-8,24H,1-2H3,(H,25,26)/b15-6-. The highest BCUT2D eigenvalue weighted by molar-refractivity contribution is 9.11. The van der Waals surface area contributed by atoms with E-state index in [2.05, 4.69) is 42.1 Å². The number of ether oxygens (including phenoxy) is 2. The molecule has 30 heavy (non-hydrogen) atoms. The molecule has 1 heterocycles. The number of rotatable bonds is 7. The van der Waals surface area contributed by atoms with E-state index in [1.807, 2.05) is 0 Å². The molecule has 11 heteroatoms. The average molecular weight is 558 g/mol. The Morgan fingerprint density at radius 2 is 1.77 bits per heavy atom. The second-order valence-corrected chi connectivity index (χ2v) is 8.48. The minimum Gasteiger partial charge on any atom is -0.506 e. The summed E-state index contributed by atoms with van der Waals surface area (Å²) in [5.41, 5.74) is 0.860. The highest BCUT2D eigenvalue weighted by atomic mass is 79.9. The van der Waals surface area contributed by atoms with Crippen LogP contribution in [-0.4, -0.2) is 40.6 Å². The van der Waals surface area contributed by atoms with Crippen LogP contribution in [0.5, 0.6) is 17.2 Å². The van der Waals surface area contributed by atoms with Crippen LogP contribution in [0.15, 0.2) is 53.8 Å². The van der Waals surface area contributed by atoms with Crippen LogP contribution in [0.4, 0.5) is 0 Å². The summed E-state index contributed by atoms with van der Waals surface area (Å²) in [6, 6.07) is 8.31. The van der Waals surface area contributed by atoms with E-state index in [0.29, 0.717) is 31.6 Å². The molecule has 3 aromatic rings. The summed E-state index contributed by atoms with van der Waals surface area (Å²) in [5.74, 6) is -0.0461. The number of phenolic OH excluding ortho intramolecular Hbond substituents is 1. The zero-order valence-electron chi connectivity index (χ0n) is 15.6. The van der Waals surface area contributed by atoms with Gasteiger partial charge in [0.05, 0.1) is 18.7 Å². The molecule has 8 nitrogen and oxygen atoms in total. The van der Waals surface area contributed by atoms with Crippen molar-refractivity contribution < 1.29 is 28.9 Å². The quantitative estimate of drug-likeness (QED) is 0.298. The summed E-state index contributed by atoms with van der Waals surface area (Å²) >= 11 is 7.29. The summed E-state index contributed by atoms with van der Waals surface area (Å²) in [7, 11) is 3.04. The van der Waals surface area contributed by atoms with E-state index in [1.165, 1.54) is 20.3 Å². The summed E-state index contributed by atoms with van der Waals surface area (Å²) in [6.45, 7) is 0. The van der Waals surface area contributed by atoms with Crippen molar-refractivity contribution in [2.75, 3.05) is 14.2 Å². The fourth-order valence-corrected chi connectivity index (χ4v) is 4.29. The van der Waals surface area contributed by atoms with E-state index in [4.69, 9.17) is 13.9 Å². The number of nitrogens with zero attached hydrogens (tertiary/aromatic N) is 2. The van der Waals surface area contributed by atoms with E-state index in [0.717, 1.165) is 11.8 Å². The second-order valence-electron chi connectivity index (χ2n) is 5.72. The topological polar surface area (TPSA) is 115 Å². The highest BCUT2D eigenvalue weighted by Gasteiger charge is 2.18. The van der Waals surface area contributed by atoms with Crippen molar-refractivity contribution in [3.63, 3.8) is 0 Å². The Morgan fingerprint density at radius 3 is 2.37 bits per heavy atom. The van der Waals surface area contributed by atoms with Gasteiger partial charge in [-0.05, 0) is 58.0 Å². The van der Waals surface area contributed by atoms with Crippen molar-refractivity contribution in [1.29, 1.82) is 0 Å². The number of aliphatic carboxylic acids is 1. The Labute approximate surface area is 192 Å². The van der Waals surface area contributed by atoms with Gasteiger partial charge >= 0.3 is 5.97 Å². The number of carboxylic acid groups (broad SMARTS) is 1. The third-order valence-corrected chi connectivity index (χ3v) is 5.67. The van der Waals surface area contributed by atoms with Crippen molar-refractivity contribution in [2.24, 2.45) is 0 Å². The molecule has 0 aliphatic carbocycles. The van der Waals surface area contributed by atoms with Gasteiger partial charge in [-0.25, -0.2) is 4.79 Å². The third kappa shape index (κ3) is 5.15. The minimum absolute atomic E-state index is 0.0222. The van der Waals surface area contributed by atoms with Crippen molar-refractivity contribution in [3.8, 4) is 28.7 Å². The Kier molecular flexibility index (Phi) is 7.06. The Balaban J connectivity index is 1.92. The first-order valence-electron chi connectivity index (χ1n) is 8.18. The molecule has 0 fully saturated rings. The number of methoxy groups -OCH3 is 2. The zero-order valence-corrected chi connectivity index (χ0v) is 19.5. The Hall–Kier alpha value is -2.50. The van der Waals surface area contributed by atoms with Crippen molar-refractivity contribution in [1.82, 2.24) is 10.2 Å². The molecule has 0 spiro atoms. The maximum absolute atomic E-state index is 11.7. The minimum atomic E-state index is -1.21. The number of thioether (sulfide) groups is 1. The van der Waals surface area contributed by atoms with Crippen molar-refractivity contribution in [3.05, 3.63) is 49.7 Å². The molecule has 0 radical (unpaired) electrons. The molecule has 0 aliphatic rings. The maximum Gasteiger partial charge on any atom is 0.342 e. The van der Waals surface area contributed by atoms with E-state index in [1.54, 1.807) is 30.3 Å². The molecule has 0 bridgehead atoms. The highest BCUT2D eigenvalue weighted by Crippen LogP contribution is 2.36. The lowest BCUT2D eigenvalue weighted by molar-refractivity contribution is -0.131. The molecule has 2 aromatic carbocycles. The average Bonchev–Trinajstić information content (AvgIpc) is 3.19. The van der Waals surface area contributed by atoms with Gasteiger partial charge in [0.1, 0.15) is 22.2 Å². The lowest BCUT2D eigenvalue weighted by Crippen LogP contribution is -1.97. The number of carbonyl (C=O) groups is 1. The third-order valence-electron chi connectivity index (χ3n) is 3.76. The summed E-state index contributed by atoms with van der Waals surface area (Å²) in [6.07, 6.45) is 1.32. The van der Waals surface area contributed by atoms with E-state index >= 15 is 0 Å². The van der Waals surface area contributed by atoms with Crippen LogP contribution in [0.1, 0.15) is 5.56 Å². The number of halogens is 2. The molecule has 0 atom stereocenters. The van der Waals surface area contributed by atoms with Crippen molar-refractivity contribution >= 4 is 55.7 Å². The molecule has 0 amide bonds. The van der Waals surface area contributed by atoms with Crippen LogP contribution in [0.3, 0.4) is 0 Å². The fourth-order valence-electron chi connectivity index (χ4n) is 2.36. The van der Waals surface area contributed by atoms with Gasteiger partial charge in [-0.3, -0.25) is 0 Å². The molecule has 0 unspecified atom stereocenters. The molecule has 0 saturated heterocycles. The van der Waals surface area contributed by atoms with Gasteiger partial charge in [0.15, 0.2) is 0 Å². The molecule has 0 aliphatic heterocycles. The van der Waals surface area contributed by atoms with Gasteiger partial charge in [0, 0.05) is 21.7 Å². The molecule has 3 rings (SSSR count). The van der Waals surface area contributed by atoms with E-state index in [9.17, 15) is 15.0 Å². The first-order chi connectivity index (χ1) is 14.3. The number of benzene rings is 2. The predicted octanol–water partition coefficient (Wildman–Crippen LogP) is 5.20. The summed E-state index contributed by atoms with van der Waals surface area (Å²) in [5, 5.41) is 27.6. The molecular weight excluding hydrogens is 544 g/mol. The lowest BCUT2D eigenvalue weighted by atomic mass is 10.2. The van der Waals surface area contributed by atoms with Crippen LogP contribution in [0.2, 0.25) is 0 Å². The number of phenols is 1. The van der Waals surface area contributed by atoms with Crippen molar-refractivity contribution in [2.45, 2.75) is 5.22 Å².